The zero-order chi connectivity index (χ0) is 29.8. The van der Waals surface area contributed by atoms with E-state index in [0.29, 0.717) is 24.3 Å². The monoisotopic (exact) mass is 570 g/mol. The van der Waals surface area contributed by atoms with Crippen molar-refractivity contribution in [3.8, 4) is 0 Å². The largest absolute Gasteiger partial charge is 0.442 e. The molecule has 0 aliphatic heterocycles. The van der Waals surface area contributed by atoms with Crippen LogP contribution in [0.15, 0.2) is 60.7 Å². The van der Waals surface area contributed by atoms with Crippen molar-refractivity contribution in [2.24, 2.45) is 5.73 Å². The quantitative estimate of drug-likeness (QED) is 0.221. The first-order chi connectivity index (χ1) is 19.6. The van der Waals surface area contributed by atoms with E-state index < -0.39 is 73.3 Å². The number of nitrogens with two attached hydrogens (primary N) is 1. The molecule has 41 heavy (non-hydrogen) atoms. The van der Waals surface area contributed by atoms with Crippen LogP contribution in [-0.4, -0.2) is 72.1 Å². The van der Waals surface area contributed by atoms with E-state index in [2.05, 4.69) is 26.6 Å². The molecule has 1 aliphatic carbocycles. The van der Waals surface area contributed by atoms with Gasteiger partial charge in [0.1, 0.15) is 11.7 Å². The summed E-state index contributed by atoms with van der Waals surface area (Å²) in [5, 5.41) is 23.9. The molecule has 0 spiro atoms. The molecule has 0 heterocycles. The first kappa shape index (κ1) is 30.7. The number of urea groups is 1. The third-order valence-electron chi connectivity index (χ3n) is 6.10. The number of anilines is 2. The van der Waals surface area contributed by atoms with Crippen molar-refractivity contribution in [3.05, 3.63) is 60.7 Å². The molecule has 0 saturated heterocycles. The molecule has 2 aromatic rings. The summed E-state index contributed by atoms with van der Waals surface area (Å²) in [4.78, 5) is 62.5. The van der Waals surface area contributed by atoms with E-state index in [0.717, 1.165) is 0 Å². The maximum absolute atomic E-state index is 12.9. The second kappa shape index (κ2) is 14.5. The van der Waals surface area contributed by atoms with Gasteiger partial charge in [0.25, 0.3) is 5.91 Å². The highest BCUT2D eigenvalue weighted by Gasteiger charge is 2.53. The fourth-order valence-corrected chi connectivity index (χ4v) is 4.25. The van der Waals surface area contributed by atoms with Crippen LogP contribution in [0.4, 0.5) is 25.8 Å². The maximum atomic E-state index is 12.9. The highest BCUT2D eigenvalue weighted by Crippen LogP contribution is 2.33. The summed E-state index contributed by atoms with van der Waals surface area (Å²) < 4.78 is 11.2. The van der Waals surface area contributed by atoms with Gasteiger partial charge in [-0.25, -0.2) is 14.4 Å². The Morgan fingerprint density at radius 1 is 0.878 bits per heavy atom. The fraction of sp³-hybridized carbons (Fsp3) is 0.370. The lowest BCUT2D eigenvalue weighted by Gasteiger charge is -2.43. The maximum Gasteiger partial charge on any atom is 0.412 e. The molecule has 4 atom stereocenters. The predicted molar refractivity (Wildman–Crippen MR) is 148 cm³/mol. The van der Waals surface area contributed by atoms with Crippen LogP contribution >= 0.6 is 0 Å². The van der Waals surface area contributed by atoms with Gasteiger partial charge in [0.05, 0.1) is 12.6 Å². The molecular weight excluding hydrogens is 536 g/mol. The highest BCUT2D eigenvalue weighted by atomic mass is 16.6. The third kappa shape index (κ3) is 9.39. The molecule has 1 fully saturated rings. The molecule has 220 valence electrons. The molecule has 0 radical (unpaired) electrons. The SMILES string of the molecule is CCCNC(=O)N[C@H]1C[C@@](O)(C(=O)NCC(N)=O)C[C@@H](OC(=O)Nc2ccccc2)[C@@H]1OC(=O)Nc1ccccc1. The molecule has 1 saturated carbocycles. The first-order valence-corrected chi connectivity index (χ1v) is 13.0. The van der Waals surface area contributed by atoms with E-state index in [9.17, 15) is 29.1 Å². The number of rotatable bonds is 10. The Hall–Kier alpha value is -4.85. The first-order valence-electron chi connectivity index (χ1n) is 13.0. The average Bonchev–Trinajstić information content (AvgIpc) is 2.93. The van der Waals surface area contributed by atoms with Crippen LogP contribution in [0.25, 0.3) is 0 Å². The van der Waals surface area contributed by atoms with Crippen molar-refractivity contribution in [1.29, 1.82) is 0 Å². The second-order valence-corrected chi connectivity index (χ2v) is 9.39. The van der Waals surface area contributed by atoms with E-state index in [-0.39, 0.29) is 0 Å². The Bertz CT molecular complexity index is 1210. The zero-order valence-corrected chi connectivity index (χ0v) is 22.4. The summed E-state index contributed by atoms with van der Waals surface area (Å²) in [6.07, 6.45) is -5.00. The Kier molecular flexibility index (Phi) is 10.9. The number of carbonyl (C=O) groups excluding carboxylic acids is 5. The van der Waals surface area contributed by atoms with Crippen molar-refractivity contribution >= 4 is 41.4 Å². The minimum absolute atomic E-state index is 0.321. The van der Waals surface area contributed by atoms with Gasteiger partial charge in [0, 0.05) is 30.8 Å². The van der Waals surface area contributed by atoms with Gasteiger partial charge in [-0.1, -0.05) is 43.3 Å². The van der Waals surface area contributed by atoms with Crippen LogP contribution in [0.3, 0.4) is 0 Å². The molecule has 14 nitrogen and oxygen atoms in total. The fourth-order valence-electron chi connectivity index (χ4n) is 4.25. The van der Waals surface area contributed by atoms with E-state index >= 15 is 0 Å². The molecule has 1 aliphatic rings. The molecular formula is C27H34N6O8. The summed E-state index contributed by atoms with van der Waals surface area (Å²) in [5.41, 5.74) is 3.69. The lowest BCUT2D eigenvalue weighted by atomic mass is 9.77. The number of aliphatic hydroxyl groups is 1. The Morgan fingerprint density at radius 2 is 1.44 bits per heavy atom. The number of nitrogens with one attached hydrogen (secondary N) is 5. The van der Waals surface area contributed by atoms with Gasteiger partial charge >= 0.3 is 18.2 Å². The number of carbonyl (C=O) groups is 5. The van der Waals surface area contributed by atoms with Gasteiger partial charge in [-0.15, -0.1) is 0 Å². The van der Waals surface area contributed by atoms with Crippen LogP contribution in [-0.2, 0) is 19.1 Å². The zero-order valence-electron chi connectivity index (χ0n) is 22.4. The molecule has 0 bridgehead atoms. The number of ether oxygens (including phenoxy) is 2. The number of para-hydroxylation sites is 2. The van der Waals surface area contributed by atoms with Gasteiger partial charge < -0.3 is 36.3 Å². The minimum atomic E-state index is -2.24. The van der Waals surface area contributed by atoms with Gasteiger partial charge in [0.2, 0.25) is 5.91 Å². The molecule has 2 aromatic carbocycles. The number of hydrogen-bond acceptors (Lipinski definition) is 8. The smallest absolute Gasteiger partial charge is 0.412 e. The van der Waals surface area contributed by atoms with Crippen LogP contribution in [0.2, 0.25) is 0 Å². The summed E-state index contributed by atoms with van der Waals surface area (Å²) in [7, 11) is 0. The molecule has 6 amide bonds. The van der Waals surface area contributed by atoms with Crippen LogP contribution in [0, 0.1) is 0 Å². The van der Waals surface area contributed by atoms with Crippen LogP contribution in [0.1, 0.15) is 26.2 Å². The number of benzene rings is 2. The standard InChI is InChI=1S/C27H34N6O8/c1-2-13-29-24(36)33-19-14-27(39,23(35)30-16-21(28)34)15-20(40-25(37)31-17-9-5-3-6-10-17)22(19)41-26(38)32-18-11-7-4-8-12-18/h3-12,19-20,22,39H,2,13-16H2,1H3,(H2,28,34)(H,30,35)(H,31,37)(H,32,38)(H2,29,33,36)/t19-,20+,22+,27-/m0/s1. The molecule has 14 heteroatoms. The summed E-state index contributed by atoms with van der Waals surface area (Å²) in [5.74, 6) is -1.83. The summed E-state index contributed by atoms with van der Waals surface area (Å²) >= 11 is 0. The Balaban J connectivity index is 1.90. The van der Waals surface area contributed by atoms with Gasteiger partial charge in [-0.2, -0.15) is 0 Å². The van der Waals surface area contributed by atoms with E-state index in [1.807, 2.05) is 6.92 Å². The van der Waals surface area contributed by atoms with Crippen LogP contribution in [0.5, 0.6) is 0 Å². The van der Waals surface area contributed by atoms with E-state index in [1.165, 1.54) is 0 Å². The van der Waals surface area contributed by atoms with Crippen molar-refractivity contribution in [2.45, 2.75) is 50.0 Å². The Labute approximate surface area is 236 Å². The van der Waals surface area contributed by atoms with Gasteiger partial charge in [0.15, 0.2) is 6.10 Å². The highest BCUT2D eigenvalue weighted by molar-refractivity contribution is 5.90. The second-order valence-electron chi connectivity index (χ2n) is 9.39. The molecule has 0 aromatic heterocycles. The normalized spacial score (nSPS) is 21.5. The minimum Gasteiger partial charge on any atom is -0.442 e. The molecule has 3 rings (SSSR count). The predicted octanol–water partition coefficient (Wildman–Crippen LogP) is 1.43. The van der Waals surface area contributed by atoms with Crippen molar-refractivity contribution in [2.75, 3.05) is 23.7 Å². The lowest BCUT2D eigenvalue weighted by molar-refractivity contribution is -0.157. The number of amides is 6. The van der Waals surface area contributed by atoms with Crippen molar-refractivity contribution in [1.82, 2.24) is 16.0 Å². The van der Waals surface area contributed by atoms with Gasteiger partial charge in [-0.3, -0.25) is 20.2 Å². The van der Waals surface area contributed by atoms with Crippen molar-refractivity contribution in [3.63, 3.8) is 0 Å². The third-order valence-corrected chi connectivity index (χ3v) is 6.10. The molecule has 0 unspecified atom stereocenters. The van der Waals surface area contributed by atoms with Crippen LogP contribution < -0.4 is 32.3 Å². The number of hydrogen-bond donors (Lipinski definition) is 7. The summed E-state index contributed by atoms with van der Waals surface area (Å²) in [6, 6.07) is 14.9. The van der Waals surface area contributed by atoms with Crippen molar-refractivity contribution < 1.29 is 38.6 Å². The lowest BCUT2D eigenvalue weighted by Crippen LogP contribution is -2.65. The van der Waals surface area contributed by atoms with Gasteiger partial charge in [-0.05, 0) is 30.7 Å². The van der Waals surface area contributed by atoms with E-state index in [1.54, 1.807) is 60.7 Å². The topological polar surface area (TPSA) is 210 Å². The number of primary amides is 1. The average molecular weight is 571 g/mol. The van der Waals surface area contributed by atoms with E-state index in [4.69, 9.17) is 15.2 Å². The summed E-state index contributed by atoms with van der Waals surface area (Å²) in [6.45, 7) is 1.61. The Morgan fingerprint density at radius 3 is 1.98 bits per heavy atom. The molecule has 8 N–H and O–H groups in total.